The third kappa shape index (κ3) is 4.23. The van der Waals surface area contributed by atoms with Crippen LogP contribution in [-0.2, 0) is 9.53 Å². The van der Waals surface area contributed by atoms with E-state index in [1.54, 1.807) is 0 Å². The summed E-state index contributed by atoms with van der Waals surface area (Å²) in [6, 6.07) is 17.8. The van der Waals surface area contributed by atoms with Gasteiger partial charge in [-0.2, -0.15) is 0 Å². The zero-order chi connectivity index (χ0) is 17.6. The van der Waals surface area contributed by atoms with Crippen LogP contribution in [0, 0.1) is 0 Å². The molecule has 0 aliphatic carbocycles. The molecule has 1 fully saturated rings. The third-order valence-electron chi connectivity index (χ3n) is 4.57. The predicted octanol–water partition coefficient (Wildman–Crippen LogP) is 5.17. The maximum absolute atomic E-state index is 12.5. The molecule has 0 N–H and O–H groups in total. The van der Waals surface area contributed by atoms with E-state index in [1.165, 1.54) is 0 Å². The number of likely N-dealkylation sites (tertiary alicyclic amines) is 1. The topological polar surface area (TPSA) is 29.5 Å². The van der Waals surface area contributed by atoms with Crippen molar-refractivity contribution in [2.24, 2.45) is 0 Å². The molecule has 0 bridgehead atoms. The molecule has 3 nitrogen and oxygen atoms in total. The van der Waals surface area contributed by atoms with Crippen LogP contribution in [0.4, 0.5) is 0 Å². The average molecular weight is 358 g/mol. The Hall–Kier alpha value is -1.84. The Morgan fingerprint density at radius 2 is 1.80 bits per heavy atom. The second kappa shape index (κ2) is 8.50. The Kier molecular flexibility index (Phi) is 6.11. The zero-order valence-corrected chi connectivity index (χ0v) is 15.3. The minimum Gasteiger partial charge on any atom is -0.371 e. The van der Waals surface area contributed by atoms with Crippen LogP contribution < -0.4 is 0 Å². The monoisotopic (exact) mass is 357 g/mol. The molecule has 0 spiro atoms. The minimum absolute atomic E-state index is 0.121. The SMILES string of the molecule is CCCO[C@@H](c1ccc(Cl)cc1)[C@@H](c1ccccc1)N1CCCC1=O. The summed E-state index contributed by atoms with van der Waals surface area (Å²) in [4.78, 5) is 14.5. The first kappa shape index (κ1) is 18.0. The first-order valence-corrected chi connectivity index (χ1v) is 9.30. The predicted molar refractivity (Wildman–Crippen MR) is 101 cm³/mol. The lowest BCUT2D eigenvalue weighted by Gasteiger charge is -2.35. The van der Waals surface area contributed by atoms with Gasteiger partial charge in [-0.1, -0.05) is 61.0 Å². The highest BCUT2D eigenvalue weighted by atomic mass is 35.5. The van der Waals surface area contributed by atoms with Crippen molar-refractivity contribution in [3.63, 3.8) is 0 Å². The summed E-state index contributed by atoms with van der Waals surface area (Å²) in [5.41, 5.74) is 2.15. The van der Waals surface area contributed by atoms with Gasteiger partial charge in [0.2, 0.25) is 5.91 Å². The van der Waals surface area contributed by atoms with Gasteiger partial charge in [0.15, 0.2) is 0 Å². The van der Waals surface area contributed by atoms with Gasteiger partial charge in [0.05, 0.1) is 6.04 Å². The van der Waals surface area contributed by atoms with Crippen LogP contribution >= 0.6 is 11.6 Å². The first-order valence-electron chi connectivity index (χ1n) is 8.92. The fourth-order valence-electron chi connectivity index (χ4n) is 3.40. The second-order valence-electron chi connectivity index (χ2n) is 6.39. The van der Waals surface area contributed by atoms with E-state index in [2.05, 4.69) is 19.1 Å². The number of halogens is 1. The summed E-state index contributed by atoms with van der Waals surface area (Å²) >= 11 is 6.06. The first-order chi connectivity index (χ1) is 12.2. The molecule has 132 valence electrons. The third-order valence-corrected chi connectivity index (χ3v) is 4.83. The molecule has 25 heavy (non-hydrogen) atoms. The van der Waals surface area contributed by atoms with Crippen molar-refractivity contribution in [2.45, 2.75) is 38.3 Å². The van der Waals surface area contributed by atoms with Gasteiger partial charge >= 0.3 is 0 Å². The largest absolute Gasteiger partial charge is 0.371 e. The number of hydrogen-bond acceptors (Lipinski definition) is 2. The molecule has 0 saturated carbocycles. The molecule has 1 aliphatic rings. The smallest absolute Gasteiger partial charge is 0.223 e. The Labute approximate surface area is 154 Å². The van der Waals surface area contributed by atoms with Crippen molar-refractivity contribution in [3.05, 3.63) is 70.7 Å². The van der Waals surface area contributed by atoms with Gasteiger partial charge in [0.1, 0.15) is 6.10 Å². The van der Waals surface area contributed by atoms with Gasteiger partial charge in [0, 0.05) is 24.6 Å². The van der Waals surface area contributed by atoms with Crippen molar-refractivity contribution in [1.82, 2.24) is 4.90 Å². The number of benzene rings is 2. The molecule has 1 aliphatic heterocycles. The number of ether oxygens (including phenoxy) is 1. The number of nitrogens with zero attached hydrogens (tertiary/aromatic N) is 1. The van der Waals surface area contributed by atoms with Gasteiger partial charge in [0.25, 0.3) is 0 Å². The normalized spacial score (nSPS) is 16.9. The van der Waals surface area contributed by atoms with E-state index in [1.807, 2.05) is 47.4 Å². The summed E-state index contributed by atoms with van der Waals surface area (Å²) in [7, 11) is 0. The molecule has 3 rings (SSSR count). The van der Waals surface area contributed by atoms with Crippen molar-refractivity contribution in [2.75, 3.05) is 13.2 Å². The number of carbonyl (C=O) groups excluding carboxylic acids is 1. The molecular formula is C21H24ClNO2. The van der Waals surface area contributed by atoms with E-state index in [-0.39, 0.29) is 18.1 Å². The van der Waals surface area contributed by atoms with Gasteiger partial charge in [-0.25, -0.2) is 0 Å². The zero-order valence-electron chi connectivity index (χ0n) is 14.5. The summed E-state index contributed by atoms with van der Waals surface area (Å²) in [5.74, 6) is 0.202. The second-order valence-corrected chi connectivity index (χ2v) is 6.83. The summed E-state index contributed by atoms with van der Waals surface area (Å²) < 4.78 is 6.26. The molecule has 2 aromatic rings. The summed E-state index contributed by atoms with van der Waals surface area (Å²) in [6.07, 6.45) is 2.24. The molecule has 0 unspecified atom stereocenters. The molecule has 0 radical (unpaired) electrons. The highest BCUT2D eigenvalue weighted by molar-refractivity contribution is 6.30. The van der Waals surface area contributed by atoms with Crippen LogP contribution in [0.5, 0.6) is 0 Å². The lowest BCUT2D eigenvalue weighted by Crippen LogP contribution is -2.35. The highest BCUT2D eigenvalue weighted by Gasteiger charge is 2.36. The Morgan fingerprint density at radius 3 is 2.40 bits per heavy atom. The quantitative estimate of drug-likeness (QED) is 0.684. The standard InChI is InChI=1S/C21H24ClNO2/c1-2-15-25-21(17-10-12-18(22)13-11-17)20(16-7-4-3-5-8-16)23-14-6-9-19(23)24/h3-5,7-8,10-13,20-21H,2,6,9,14-15H2,1H3/t20-,21+/m1/s1. The number of carbonyl (C=O) groups is 1. The molecule has 4 heteroatoms. The fourth-order valence-corrected chi connectivity index (χ4v) is 3.52. The van der Waals surface area contributed by atoms with Crippen LogP contribution in [0.15, 0.2) is 54.6 Å². The molecule has 1 amide bonds. The van der Waals surface area contributed by atoms with E-state index in [9.17, 15) is 4.79 Å². The molecule has 1 saturated heterocycles. The van der Waals surface area contributed by atoms with Gasteiger partial charge in [-0.15, -0.1) is 0 Å². The van der Waals surface area contributed by atoms with E-state index in [4.69, 9.17) is 16.3 Å². The molecule has 1 heterocycles. The Balaban J connectivity index is 2.02. The number of rotatable bonds is 7. The number of amides is 1. The van der Waals surface area contributed by atoms with Crippen LogP contribution in [0.3, 0.4) is 0 Å². The minimum atomic E-state index is -0.207. The van der Waals surface area contributed by atoms with Crippen molar-refractivity contribution in [1.29, 1.82) is 0 Å². The molecule has 2 aromatic carbocycles. The lowest BCUT2D eigenvalue weighted by molar-refractivity contribution is -0.133. The molecule has 0 aromatic heterocycles. The van der Waals surface area contributed by atoms with Crippen LogP contribution in [0.1, 0.15) is 49.5 Å². The van der Waals surface area contributed by atoms with Gasteiger partial charge in [-0.05, 0) is 36.1 Å². The fraction of sp³-hybridized carbons (Fsp3) is 0.381. The number of hydrogen-bond donors (Lipinski definition) is 0. The molecular weight excluding hydrogens is 334 g/mol. The van der Waals surface area contributed by atoms with Crippen LogP contribution in [-0.4, -0.2) is 24.0 Å². The maximum atomic E-state index is 12.5. The van der Waals surface area contributed by atoms with E-state index in [0.29, 0.717) is 18.1 Å². The van der Waals surface area contributed by atoms with Crippen molar-refractivity contribution >= 4 is 17.5 Å². The van der Waals surface area contributed by atoms with E-state index < -0.39 is 0 Å². The summed E-state index contributed by atoms with van der Waals surface area (Å²) in [6.45, 7) is 3.52. The van der Waals surface area contributed by atoms with Gasteiger partial charge in [-0.3, -0.25) is 4.79 Å². The van der Waals surface area contributed by atoms with Crippen molar-refractivity contribution in [3.8, 4) is 0 Å². The summed E-state index contributed by atoms with van der Waals surface area (Å²) in [5, 5.41) is 0.700. The highest BCUT2D eigenvalue weighted by Crippen LogP contribution is 2.39. The Bertz CT molecular complexity index is 687. The van der Waals surface area contributed by atoms with Crippen LogP contribution in [0.2, 0.25) is 5.02 Å². The Morgan fingerprint density at radius 1 is 1.08 bits per heavy atom. The van der Waals surface area contributed by atoms with Crippen molar-refractivity contribution < 1.29 is 9.53 Å². The maximum Gasteiger partial charge on any atom is 0.223 e. The van der Waals surface area contributed by atoms with Crippen LogP contribution in [0.25, 0.3) is 0 Å². The van der Waals surface area contributed by atoms with E-state index >= 15 is 0 Å². The van der Waals surface area contributed by atoms with E-state index in [0.717, 1.165) is 30.5 Å². The lowest BCUT2D eigenvalue weighted by atomic mass is 9.94. The average Bonchev–Trinajstić information content (AvgIpc) is 3.06. The molecule has 2 atom stereocenters. The van der Waals surface area contributed by atoms with Gasteiger partial charge < -0.3 is 9.64 Å².